The number of carbonyl (C=O) groups is 1. The maximum absolute atomic E-state index is 12.6. The van der Waals surface area contributed by atoms with E-state index in [1.165, 1.54) is 37.8 Å². The Balaban J connectivity index is 1.80. The van der Waals surface area contributed by atoms with Crippen LogP contribution < -0.4 is 0 Å². The highest BCUT2D eigenvalue weighted by molar-refractivity contribution is 8.13. The summed E-state index contributed by atoms with van der Waals surface area (Å²) < 4.78 is 22.8. The highest BCUT2D eigenvalue weighted by atomic mass is 35.7. The Morgan fingerprint density at radius 2 is 1.71 bits per heavy atom. The van der Waals surface area contributed by atoms with Gasteiger partial charge in [0.1, 0.15) is 0 Å². The van der Waals surface area contributed by atoms with E-state index in [9.17, 15) is 13.2 Å². The number of halogens is 1. The molecule has 0 bridgehead atoms. The van der Waals surface area contributed by atoms with Gasteiger partial charge in [-0.3, -0.25) is 4.79 Å². The van der Waals surface area contributed by atoms with Gasteiger partial charge in [-0.1, -0.05) is 6.07 Å². The molecule has 2 aliphatic rings. The minimum absolute atomic E-state index is 0.0205. The lowest BCUT2D eigenvalue weighted by atomic mass is 10.2. The first-order valence-electron chi connectivity index (χ1n) is 7.27. The number of hydrogen-bond donors (Lipinski definition) is 0. The van der Waals surface area contributed by atoms with E-state index in [4.69, 9.17) is 10.7 Å². The Hall–Kier alpha value is -1.07. The lowest BCUT2D eigenvalue weighted by molar-refractivity contribution is 0.0739. The quantitative estimate of drug-likeness (QED) is 0.755. The van der Waals surface area contributed by atoms with Gasteiger partial charge in [0.25, 0.3) is 15.0 Å². The van der Waals surface area contributed by atoms with Gasteiger partial charge >= 0.3 is 0 Å². The van der Waals surface area contributed by atoms with Gasteiger partial charge in [0.05, 0.1) is 4.90 Å². The van der Waals surface area contributed by atoms with E-state index in [0.29, 0.717) is 17.4 Å². The third-order valence-electron chi connectivity index (χ3n) is 4.00. The molecule has 0 unspecified atom stereocenters. The van der Waals surface area contributed by atoms with Crippen LogP contribution in [0.3, 0.4) is 0 Å². The molecule has 1 aromatic carbocycles. The number of amides is 1. The molecule has 2 aliphatic carbocycles. The van der Waals surface area contributed by atoms with Crippen molar-refractivity contribution in [1.29, 1.82) is 0 Å². The van der Waals surface area contributed by atoms with Crippen molar-refractivity contribution in [1.82, 2.24) is 4.90 Å². The number of hydrogen-bond acceptors (Lipinski definition) is 3. The van der Waals surface area contributed by atoms with Crippen molar-refractivity contribution >= 4 is 25.6 Å². The summed E-state index contributed by atoms with van der Waals surface area (Å²) in [5.74, 6) is 1.15. The molecule has 2 saturated carbocycles. The number of carbonyl (C=O) groups excluding carboxylic acids is 1. The summed E-state index contributed by atoms with van der Waals surface area (Å²) in [7, 11) is 1.55. The monoisotopic (exact) mass is 327 g/mol. The van der Waals surface area contributed by atoms with Gasteiger partial charge in [0.15, 0.2) is 0 Å². The Morgan fingerprint density at radius 1 is 1.14 bits per heavy atom. The molecule has 0 N–H and O–H groups in total. The zero-order valence-electron chi connectivity index (χ0n) is 11.7. The summed E-state index contributed by atoms with van der Waals surface area (Å²) in [6.07, 6.45) is 4.74. The van der Waals surface area contributed by atoms with Crippen molar-refractivity contribution in [2.75, 3.05) is 13.1 Å². The second-order valence-electron chi connectivity index (χ2n) is 6.06. The molecule has 0 aromatic heterocycles. The molecule has 21 heavy (non-hydrogen) atoms. The standard InChI is InChI=1S/C15H18ClNO3S/c16-21(19,20)14-3-1-2-13(8-14)15(18)17(9-11-4-5-11)10-12-6-7-12/h1-3,8,11-12H,4-7,9-10H2. The Morgan fingerprint density at radius 3 is 2.19 bits per heavy atom. The van der Waals surface area contributed by atoms with Gasteiger partial charge in [0.2, 0.25) is 0 Å². The van der Waals surface area contributed by atoms with E-state index < -0.39 is 9.05 Å². The summed E-state index contributed by atoms with van der Waals surface area (Å²) in [6, 6.07) is 6.00. The molecule has 3 rings (SSSR count). The predicted molar refractivity (Wildman–Crippen MR) is 80.8 cm³/mol. The van der Waals surface area contributed by atoms with E-state index in [1.807, 2.05) is 4.90 Å². The van der Waals surface area contributed by atoms with Crippen LogP contribution in [0.25, 0.3) is 0 Å². The Labute approximate surface area is 129 Å². The van der Waals surface area contributed by atoms with Crippen molar-refractivity contribution in [3.8, 4) is 0 Å². The number of benzene rings is 1. The Bertz CT molecular complexity index is 637. The van der Waals surface area contributed by atoms with E-state index >= 15 is 0 Å². The molecule has 0 atom stereocenters. The summed E-state index contributed by atoms with van der Waals surface area (Å²) in [6.45, 7) is 1.57. The molecule has 0 radical (unpaired) electrons. The molecule has 0 spiro atoms. The molecule has 0 saturated heterocycles. The smallest absolute Gasteiger partial charge is 0.261 e. The average Bonchev–Trinajstić information content (AvgIpc) is 3.31. The van der Waals surface area contributed by atoms with Crippen LogP contribution in [0.2, 0.25) is 0 Å². The third-order valence-corrected chi connectivity index (χ3v) is 5.35. The number of rotatable bonds is 6. The summed E-state index contributed by atoms with van der Waals surface area (Å²) in [5, 5.41) is 0. The average molecular weight is 328 g/mol. The third kappa shape index (κ3) is 3.98. The second-order valence-corrected chi connectivity index (χ2v) is 8.63. The predicted octanol–water partition coefficient (Wildman–Crippen LogP) is 2.88. The number of nitrogens with zero attached hydrogens (tertiary/aromatic N) is 1. The van der Waals surface area contributed by atoms with Crippen LogP contribution in [0.15, 0.2) is 29.2 Å². The molecule has 0 heterocycles. The minimum Gasteiger partial charge on any atom is -0.338 e. The van der Waals surface area contributed by atoms with Crippen molar-refractivity contribution in [3.05, 3.63) is 29.8 Å². The van der Waals surface area contributed by atoms with Crippen LogP contribution in [0, 0.1) is 11.8 Å². The van der Waals surface area contributed by atoms with Crippen molar-refractivity contribution < 1.29 is 13.2 Å². The first-order chi connectivity index (χ1) is 9.93. The maximum Gasteiger partial charge on any atom is 0.261 e. The maximum atomic E-state index is 12.6. The lowest BCUT2D eigenvalue weighted by Crippen LogP contribution is -2.34. The first kappa shape index (κ1) is 14.9. The van der Waals surface area contributed by atoms with E-state index in [2.05, 4.69) is 0 Å². The zero-order valence-corrected chi connectivity index (χ0v) is 13.2. The summed E-state index contributed by atoms with van der Waals surface area (Å²) in [4.78, 5) is 14.5. The van der Waals surface area contributed by atoms with E-state index in [1.54, 1.807) is 12.1 Å². The largest absolute Gasteiger partial charge is 0.338 e. The molecule has 1 aromatic rings. The molecular weight excluding hydrogens is 310 g/mol. The first-order valence-corrected chi connectivity index (χ1v) is 9.58. The fraction of sp³-hybridized carbons (Fsp3) is 0.533. The zero-order chi connectivity index (χ0) is 15.0. The molecule has 6 heteroatoms. The molecular formula is C15H18ClNO3S. The minimum atomic E-state index is -3.80. The van der Waals surface area contributed by atoms with E-state index in [0.717, 1.165) is 13.1 Å². The van der Waals surface area contributed by atoms with Gasteiger partial charge in [-0.05, 0) is 55.7 Å². The SMILES string of the molecule is O=C(c1cccc(S(=O)(=O)Cl)c1)N(CC1CC1)CC1CC1. The van der Waals surface area contributed by atoms with Crippen LogP contribution in [0.5, 0.6) is 0 Å². The second kappa shape index (κ2) is 5.61. The van der Waals surface area contributed by atoms with Crippen molar-refractivity contribution in [2.24, 2.45) is 11.8 Å². The van der Waals surface area contributed by atoms with Gasteiger partial charge < -0.3 is 4.90 Å². The molecule has 114 valence electrons. The van der Waals surface area contributed by atoms with Crippen molar-refractivity contribution in [3.63, 3.8) is 0 Å². The van der Waals surface area contributed by atoms with Crippen LogP contribution in [-0.4, -0.2) is 32.3 Å². The normalized spacial score (nSPS) is 18.5. The Kier molecular flexibility index (Phi) is 3.97. The van der Waals surface area contributed by atoms with Gasteiger partial charge in [-0.2, -0.15) is 0 Å². The van der Waals surface area contributed by atoms with Crippen LogP contribution in [0.1, 0.15) is 36.0 Å². The van der Waals surface area contributed by atoms with E-state index in [-0.39, 0.29) is 10.8 Å². The fourth-order valence-corrected chi connectivity index (χ4v) is 3.22. The van der Waals surface area contributed by atoms with Crippen LogP contribution >= 0.6 is 10.7 Å². The molecule has 4 nitrogen and oxygen atoms in total. The topological polar surface area (TPSA) is 54.5 Å². The molecule has 2 fully saturated rings. The highest BCUT2D eigenvalue weighted by Gasteiger charge is 2.32. The highest BCUT2D eigenvalue weighted by Crippen LogP contribution is 2.34. The lowest BCUT2D eigenvalue weighted by Gasteiger charge is -2.22. The van der Waals surface area contributed by atoms with Gasteiger partial charge in [-0.25, -0.2) is 8.42 Å². The molecule has 0 aliphatic heterocycles. The molecule has 1 amide bonds. The van der Waals surface area contributed by atoms with Crippen molar-refractivity contribution in [2.45, 2.75) is 30.6 Å². The van der Waals surface area contributed by atoms with Crippen LogP contribution in [0.4, 0.5) is 0 Å². The van der Waals surface area contributed by atoms with Crippen LogP contribution in [-0.2, 0) is 9.05 Å². The fourth-order valence-electron chi connectivity index (χ4n) is 2.43. The summed E-state index contributed by atoms with van der Waals surface area (Å²) in [5.41, 5.74) is 0.401. The van der Waals surface area contributed by atoms with Gasteiger partial charge in [-0.15, -0.1) is 0 Å². The summed E-state index contributed by atoms with van der Waals surface area (Å²) >= 11 is 0. The van der Waals surface area contributed by atoms with Gasteiger partial charge in [0, 0.05) is 29.3 Å².